The summed E-state index contributed by atoms with van der Waals surface area (Å²) in [5.74, 6) is -0.130. The van der Waals surface area contributed by atoms with Gasteiger partial charge in [0.2, 0.25) is 6.33 Å². The summed E-state index contributed by atoms with van der Waals surface area (Å²) in [7, 11) is 0. The Kier molecular flexibility index (Phi) is 6.13. The molecule has 0 unspecified atom stereocenters. The molecule has 0 radical (unpaired) electrons. The summed E-state index contributed by atoms with van der Waals surface area (Å²) in [4.78, 5) is 22.4. The van der Waals surface area contributed by atoms with Crippen molar-refractivity contribution in [1.82, 2.24) is 9.78 Å². The molecular weight excluding hydrogens is 388 g/mol. The van der Waals surface area contributed by atoms with E-state index in [0.29, 0.717) is 12.1 Å². The first-order chi connectivity index (χ1) is 11.6. The molecule has 0 aliphatic heterocycles. The van der Waals surface area contributed by atoms with E-state index in [-0.39, 0.29) is 35.0 Å². The lowest BCUT2D eigenvalue weighted by Crippen LogP contribution is -3.00. The van der Waals surface area contributed by atoms with E-state index in [1.165, 1.54) is 24.3 Å². The van der Waals surface area contributed by atoms with E-state index < -0.39 is 4.92 Å². The first kappa shape index (κ1) is 18.5. The predicted molar refractivity (Wildman–Crippen MR) is 85.4 cm³/mol. The molecule has 7 nitrogen and oxygen atoms in total. The lowest BCUT2D eigenvalue weighted by atomic mass is 10.1. The molecule has 3 aromatic rings. The van der Waals surface area contributed by atoms with Crippen LogP contribution in [0.1, 0.15) is 15.9 Å². The van der Waals surface area contributed by atoms with Gasteiger partial charge in [0.25, 0.3) is 12.0 Å². The third-order valence-corrected chi connectivity index (χ3v) is 3.54. The van der Waals surface area contributed by atoms with Crippen molar-refractivity contribution in [2.75, 3.05) is 0 Å². The standard InChI is InChI=1S/C17H15N4O3.BrH/c22-17(15-6-8-16(9-7-15)21(23)24)11-19-12-18-20(13-19)10-14-4-2-1-3-5-14;/h1-9,12-13H,10-11H2;1H/q+1;/p-1. The zero-order chi connectivity index (χ0) is 16.9. The second-order valence-corrected chi connectivity index (χ2v) is 5.33. The van der Waals surface area contributed by atoms with Crippen LogP contribution >= 0.6 is 0 Å². The molecule has 1 heterocycles. The molecule has 0 N–H and O–H groups in total. The number of hydrogen-bond acceptors (Lipinski definition) is 4. The second-order valence-electron chi connectivity index (χ2n) is 5.33. The molecule has 0 saturated heterocycles. The third kappa shape index (κ3) is 4.80. The van der Waals surface area contributed by atoms with Crippen molar-refractivity contribution in [2.45, 2.75) is 13.1 Å². The number of carbonyl (C=O) groups excluding carboxylic acids is 1. The Hall–Kier alpha value is -2.87. The van der Waals surface area contributed by atoms with Gasteiger partial charge in [-0.25, -0.2) is 4.57 Å². The highest BCUT2D eigenvalue weighted by molar-refractivity contribution is 5.95. The summed E-state index contributed by atoms with van der Waals surface area (Å²) >= 11 is 0. The maximum Gasteiger partial charge on any atom is 0.269 e. The van der Waals surface area contributed by atoms with E-state index >= 15 is 0 Å². The number of carbonyl (C=O) groups is 1. The normalized spacial score (nSPS) is 10.1. The van der Waals surface area contributed by atoms with Gasteiger partial charge < -0.3 is 17.0 Å². The van der Waals surface area contributed by atoms with Gasteiger partial charge in [0.1, 0.15) is 13.1 Å². The predicted octanol–water partition coefficient (Wildman–Crippen LogP) is -0.986. The molecule has 2 aromatic carbocycles. The van der Waals surface area contributed by atoms with E-state index in [2.05, 4.69) is 5.10 Å². The molecule has 3 rings (SSSR count). The minimum atomic E-state index is -0.489. The summed E-state index contributed by atoms with van der Waals surface area (Å²) in [6.45, 7) is 0.756. The van der Waals surface area contributed by atoms with Crippen LogP contribution in [0.3, 0.4) is 0 Å². The van der Waals surface area contributed by atoms with Crippen LogP contribution in [0.2, 0.25) is 0 Å². The highest BCUT2D eigenvalue weighted by atomic mass is 79.9. The zero-order valence-corrected chi connectivity index (χ0v) is 14.7. The van der Waals surface area contributed by atoms with Crippen LogP contribution in [-0.2, 0) is 13.1 Å². The van der Waals surface area contributed by atoms with Crippen molar-refractivity contribution in [2.24, 2.45) is 0 Å². The van der Waals surface area contributed by atoms with Crippen LogP contribution in [0.25, 0.3) is 0 Å². The summed E-state index contributed by atoms with van der Waals surface area (Å²) in [5.41, 5.74) is 1.52. The van der Waals surface area contributed by atoms with Crippen molar-refractivity contribution < 1.29 is 31.3 Å². The number of non-ortho nitro benzene ring substituents is 1. The van der Waals surface area contributed by atoms with E-state index in [0.717, 1.165) is 5.56 Å². The first-order valence-electron chi connectivity index (χ1n) is 7.35. The van der Waals surface area contributed by atoms with Crippen LogP contribution in [0.4, 0.5) is 5.69 Å². The van der Waals surface area contributed by atoms with Crippen molar-refractivity contribution in [1.29, 1.82) is 0 Å². The number of Topliss-reactive ketones (excluding diaryl/α,β-unsaturated/α-hetero) is 1. The van der Waals surface area contributed by atoms with Crippen LogP contribution in [-0.4, -0.2) is 20.5 Å². The van der Waals surface area contributed by atoms with Gasteiger partial charge in [-0.15, -0.1) is 4.68 Å². The number of halogens is 1. The first-order valence-corrected chi connectivity index (χ1v) is 7.35. The van der Waals surface area contributed by atoms with Crippen molar-refractivity contribution in [3.8, 4) is 0 Å². The minimum Gasteiger partial charge on any atom is -1.00 e. The van der Waals surface area contributed by atoms with E-state index in [4.69, 9.17) is 0 Å². The van der Waals surface area contributed by atoms with Gasteiger partial charge >= 0.3 is 0 Å². The Morgan fingerprint density at radius 3 is 2.44 bits per heavy atom. The molecule has 0 bridgehead atoms. The smallest absolute Gasteiger partial charge is 0.269 e. The number of aromatic nitrogens is 3. The van der Waals surface area contributed by atoms with Gasteiger partial charge in [0.05, 0.1) is 4.92 Å². The van der Waals surface area contributed by atoms with Gasteiger partial charge in [0.15, 0.2) is 5.78 Å². The van der Waals surface area contributed by atoms with Crippen molar-refractivity contribution in [3.63, 3.8) is 0 Å². The van der Waals surface area contributed by atoms with Gasteiger partial charge in [0, 0.05) is 22.8 Å². The topological polar surface area (TPSA) is 81.9 Å². The molecular formula is C17H15BrN4O3. The number of rotatable bonds is 6. The Morgan fingerprint density at radius 1 is 1.12 bits per heavy atom. The van der Waals surface area contributed by atoms with E-state index in [1.807, 2.05) is 30.3 Å². The van der Waals surface area contributed by atoms with Crippen LogP contribution in [0.15, 0.2) is 67.3 Å². The zero-order valence-electron chi connectivity index (χ0n) is 13.2. The fourth-order valence-electron chi connectivity index (χ4n) is 2.32. The number of hydrogen-bond donors (Lipinski definition) is 0. The maximum absolute atomic E-state index is 12.2. The SMILES string of the molecule is O=C(C[n+]1cnn(Cc2ccccc2)c1)c1ccc([N+](=O)[O-])cc1.[Br-]. The summed E-state index contributed by atoms with van der Waals surface area (Å²) in [5, 5.41) is 14.9. The van der Waals surface area contributed by atoms with Crippen LogP contribution in [0.5, 0.6) is 0 Å². The molecule has 0 aliphatic carbocycles. The summed E-state index contributed by atoms with van der Waals surface area (Å²) in [6, 6.07) is 15.5. The average molecular weight is 403 g/mol. The molecule has 0 atom stereocenters. The lowest BCUT2D eigenvalue weighted by molar-refractivity contribution is -0.683. The quantitative estimate of drug-likeness (QED) is 0.229. The number of nitrogens with zero attached hydrogens (tertiary/aromatic N) is 4. The highest BCUT2D eigenvalue weighted by Crippen LogP contribution is 2.12. The molecule has 0 amide bonds. The molecule has 0 saturated carbocycles. The number of nitro groups is 1. The van der Waals surface area contributed by atoms with Gasteiger partial charge in [-0.1, -0.05) is 30.3 Å². The monoisotopic (exact) mass is 402 g/mol. The Morgan fingerprint density at radius 2 is 1.80 bits per heavy atom. The molecule has 0 fully saturated rings. The highest BCUT2D eigenvalue weighted by Gasteiger charge is 2.14. The largest absolute Gasteiger partial charge is 1.00 e. The fourth-order valence-corrected chi connectivity index (χ4v) is 2.32. The molecule has 8 heteroatoms. The third-order valence-electron chi connectivity index (χ3n) is 3.54. The van der Waals surface area contributed by atoms with Gasteiger partial charge in [-0.2, -0.15) is 0 Å². The second kappa shape index (κ2) is 8.29. The van der Waals surface area contributed by atoms with Crippen molar-refractivity contribution >= 4 is 11.5 Å². The molecule has 0 aliphatic rings. The average Bonchev–Trinajstić information content (AvgIpc) is 3.02. The molecule has 1 aromatic heterocycles. The van der Waals surface area contributed by atoms with E-state index in [9.17, 15) is 14.9 Å². The Bertz CT molecular complexity index is 863. The number of nitro benzene ring substituents is 1. The van der Waals surface area contributed by atoms with Crippen LogP contribution in [0, 0.1) is 10.1 Å². The molecule has 0 spiro atoms. The molecule has 128 valence electrons. The van der Waals surface area contributed by atoms with Gasteiger partial charge in [-0.3, -0.25) is 14.9 Å². The summed E-state index contributed by atoms with van der Waals surface area (Å²) < 4.78 is 3.44. The molecule has 25 heavy (non-hydrogen) atoms. The van der Waals surface area contributed by atoms with Crippen molar-refractivity contribution in [3.05, 3.63) is 88.5 Å². The maximum atomic E-state index is 12.2. The summed E-state index contributed by atoms with van der Waals surface area (Å²) in [6.07, 6.45) is 3.35. The van der Waals surface area contributed by atoms with E-state index in [1.54, 1.807) is 21.9 Å². The number of benzene rings is 2. The number of ketones is 1. The Balaban J connectivity index is 0.00000225. The minimum absolute atomic E-state index is 0. The fraction of sp³-hybridized carbons (Fsp3) is 0.118. The Labute approximate surface area is 154 Å². The lowest BCUT2D eigenvalue weighted by Gasteiger charge is -1.98. The van der Waals surface area contributed by atoms with Crippen LogP contribution < -0.4 is 21.5 Å². The van der Waals surface area contributed by atoms with Gasteiger partial charge in [-0.05, 0) is 17.7 Å².